The first-order valence-electron chi connectivity index (χ1n) is 9.97. The number of hydrogen-bond acceptors (Lipinski definition) is 3. The van der Waals surface area contributed by atoms with Gasteiger partial charge in [-0.2, -0.15) is 0 Å². The minimum absolute atomic E-state index is 0.156. The number of alkyl halides is 1. The number of hydrogen-bond donors (Lipinski definition) is 1. The summed E-state index contributed by atoms with van der Waals surface area (Å²) in [5.41, 5.74) is 1.98. The molecule has 1 heterocycles. The molecule has 4 nitrogen and oxygen atoms in total. The minimum atomic E-state index is -0.156. The van der Waals surface area contributed by atoms with Gasteiger partial charge in [0.05, 0.1) is 18.6 Å². The molecule has 5 heteroatoms. The lowest BCUT2D eigenvalue weighted by atomic mass is 9.49. The molecule has 1 aliphatic heterocycles. The second kappa shape index (κ2) is 6.23. The molecular formula is C21H27BrN2O2. The zero-order chi connectivity index (χ0) is 17.8. The molecule has 1 aromatic rings. The van der Waals surface area contributed by atoms with Crippen LogP contribution in [0.5, 0.6) is 0 Å². The number of halogens is 1. The summed E-state index contributed by atoms with van der Waals surface area (Å²) in [6, 6.07) is 8.33. The van der Waals surface area contributed by atoms with Gasteiger partial charge in [-0.3, -0.25) is 4.79 Å². The van der Waals surface area contributed by atoms with Crippen molar-refractivity contribution in [3.8, 4) is 0 Å². The Balaban J connectivity index is 1.30. The Hall–Kier alpha value is -1.07. The number of nitrogens with zero attached hydrogens (tertiary/aromatic N) is 1. The van der Waals surface area contributed by atoms with Crippen molar-refractivity contribution < 1.29 is 9.53 Å². The first-order valence-corrected chi connectivity index (χ1v) is 10.8. The van der Waals surface area contributed by atoms with Crippen LogP contribution < -0.4 is 10.2 Å². The highest BCUT2D eigenvalue weighted by Gasteiger charge is 2.59. The summed E-state index contributed by atoms with van der Waals surface area (Å²) in [4.78, 5) is 15.6. The highest BCUT2D eigenvalue weighted by atomic mass is 79.9. The van der Waals surface area contributed by atoms with Crippen LogP contribution in [0.3, 0.4) is 0 Å². The van der Waals surface area contributed by atoms with Crippen LogP contribution in [0.4, 0.5) is 11.4 Å². The van der Waals surface area contributed by atoms with Gasteiger partial charge in [0, 0.05) is 28.8 Å². The van der Waals surface area contributed by atoms with Crippen LogP contribution in [0.1, 0.15) is 38.5 Å². The maximum atomic E-state index is 13.2. The van der Waals surface area contributed by atoms with Crippen LogP contribution in [-0.4, -0.2) is 36.5 Å². The second-order valence-corrected chi connectivity index (χ2v) is 10.7. The fourth-order valence-electron chi connectivity index (χ4n) is 6.26. The quantitative estimate of drug-likeness (QED) is 0.747. The normalized spacial score (nSPS) is 38.4. The topological polar surface area (TPSA) is 41.6 Å². The molecule has 4 saturated carbocycles. The molecule has 2 atom stereocenters. The Morgan fingerprint density at radius 3 is 2.35 bits per heavy atom. The van der Waals surface area contributed by atoms with E-state index in [0.717, 1.165) is 63.1 Å². The van der Waals surface area contributed by atoms with E-state index in [2.05, 4.69) is 38.3 Å². The van der Waals surface area contributed by atoms with Gasteiger partial charge in [0.25, 0.3) is 0 Å². The molecule has 5 aliphatic rings. The summed E-state index contributed by atoms with van der Waals surface area (Å²) in [5.74, 6) is 1.70. The summed E-state index contributed by atoms with van der Waals surface area (Å²) in [6.45, 7) is 3.45. The number of rotatable bonds is 3. The van der Waals surface area contributed by atoms with Crippen molar-refractivity contribution in [3.63, 3.8) is 0 Å². The highest BCUT2D eigenvalue weighted by molar-refractivity contribution is 9.10. The molecule has 140 valence electrons. The molecule has 0 unspecified atom stereocenters. The zero-order valence-electron chi connectivity index (χ0n) is 15.2. The second-order valence-electron chi connectivity index (χ2n) is 8.99. The largest absolute Gasteiger partial charge is 0.378 e. The Labute approximate surface area is 163 Å². The molecule has 1 aromatic carbocycles. The van der Waals surface area contributed by atoms with Crippen molar-refractivity contribution in [2.45, 2.75) is 42.8 Å². The summed E-state index contributed by atoms with van der Waals surface area (Å²) in [7, 11) is 0. The number of carbonyl (C=O) groups excluding carboxylic acids is 1. The fraction of sp³-hybridized carbons (Fsp3) is 0.667. The van der Waals surface area contributed by atoms with Gasteiger partial charge in [0.1, 0.15) is 0 Å². The van der Waals surface area contributed by atoms with Gasteiger partial charge in [-0.25, -0.2) is 0 Å². The molecule has 4 bridgehead atoms. The van der Waals surface area contributed by atoms with Gasteiger partial charge in [-0.05, 0) is 74.6 Å². The molecule has 26 heavy (non-hydrogen) atoms. The summed E-state index contributed by atoms with van der Waals surface area (Å²) < 4.78 is 5.64. The third kappa shape index (κ3) is 2.97. The first kappa shape index (κ1) is 17.1. The Bertz CT molecular complexity index is 684. The van der Waals surface area contributed by atoms with Crippen molar-refractivity contribution in [2.24, 2.45) is 17.3 Å². The Morgan fingerprint density at radius 1 is 1.08 bits per heavy atom. The average Bonchev–Trinajstić information content (AvgIpc) is 2.61. The smallest absolute Gasteiger partial charge is 0.230 e. The third-order valence-corrected chi connectivity index (χ3v) is 7.90. The molecule has 1 amide bonds. The molecule has 1 saturated heterocycles. The Morgan fingerprint density at radius 2 is 1.73 bits per heavy atom. The van der Waals surface area contributed by atoms with Crippen molar-refractivity contribution >= 4 is 33.2 Å². The summed E-state index contributed by atoms with van der Waals surface area (Å²) >= 11 is 4.00. The van der Waals surface area contributed by atoms with E-state index in [1.54, 1.807) is 0 Å². The number of benzene rings is 1. The number of amides is 1. The van der Waals surface area contributed by atoms with Crippen molar-refractivity contribution in [1.82, 2.24) is 0 Å². The van der Waals surface area contributed by atoms with E-state index in [-0.39, 0.29) is 15.6 Å². The molecule has 0 spiro atoms. The first-order chi connectivity index (χ1) is 12.5. The number of carbonyl (C=O) groups is 1. The maximum Gasteiger partial charge on any atom is 0.230 e. The predicted octanol–water partition coefficient (Wildman–Crippen LogP) is 4.20. The number of morpholine rings is 1. The van der Waals surface area contributed by atoms with Crippen LogP contribution in [0.25, 0.3) is 0 Å². The SMILES string of the molecule is O=C(Nc1ccc(N2CCOCC2)cc1)C12C[C@H]3C[C@@H](CC(Br)(C3)C1)C2. The van der Waals surface area contributed by atoms with Gasteiger partial charge in [-0.15, -0.1) is 0 Å². The van der Waals surface area contributed by atoms with E-state index in [0.29, 0.717) is 0 Å². The fourth-order valence-corrected chi connectivity index (χ4v) is 7.71. The summed E-state index contributed by atoms with van der Waals surface area (Å²) in [6.07, 6.45) is 7.00. The lowest BCUT2D eigenvalue weighted by Gasteiger charge is -2.59. The Kier molecular flexibility index (Phi) is 4.09. The molecule has 5 fully saturated rings. The van der Waals surface area contributed by atoms with Gasteiger partial charge in [-0.1, -0.05) is 15.9 Å². The van der Waals surface area contributed by atoms with Crippen molar-refractivity contribution in [1.29, 1.82) is 0 Å². The molecule has 0 aromatic heterocycles. The molecule has 6 rings (SSSR count). The third-order valence-electron chi connectivity index (χ3n) is 6.97. The molecular weight excluding hydrogens is 392 g/mol. The molecule has 4 aliphatic carbocycles. The van der Waals surface area contributed by atoms with Crippen LogP contribution >= 0.6 is 15.9 Å². The minimum Gasteiger partial charge on any atom is -0.378 e. The average molecular weight is 419 g/mol. The number of anilines is 2. The van der Waals surface area contributed by atoms with E-state index >= 15 is 0 Å². The lowest BCUT2D eigenvalue weighted by Crippen LogP contribution is -2.57. The molecule has 0 radical (unpaired) electrons. The van der Waals surface area contributed by atoms with E-state index in [1.807, 2.05) is 12.1 Å². The lowest BCUT2D eigenvalue weighted by molar-refractivity contribution is -0.138. The van der Waals surface area contributed by atoms with Crippen LogP contribution in [0.15, 0.2) is 24.3 Å². The zero-order valence-corrected chi connectivity index (χ0v) is 16.8. The maximum absolute atomic E-state index is 13.2. The van der Waals surface area contributed by atoms with Gasteiger partial charge in [0.2, 0.25) is 5.91 Å². The monoisotopic (exact) mass is 418 g/mol. The highest BCUT2D eigenvalue weighted by Crippen LogP contribution is 2.64. The van der Waals surface area contributed by atoms with Gasteiger partial charge in [0.15, 0.2) is 0 Å². The van der Waals surface area contributed by atoms with Crippen LogP contribution in [-0.2, 0) is 9.53 Å². The van der Waals surface area contributed by atoms with E-state index in [4.69, 9.17) is 4.74 Å². The van der Waals surface area contributed by atoms with Crippen molar-refractivity contribution in [2.75, 3.05) is 36.5 Å². The van der Waals surface area contributed by atoms with E-state index in [9.17, 15) is 4.79 Å². The van der Waals surface area contributed by atoms with E-state index in [1.165, 1.54) is 24.9 Å². The van der Waals surface area contributed by atoms with Gasteiger partial charge >= 0.3 is 0 Å². The van der Waals surface area contributed by atoms with Crippen LogP contribution in [0, 0.1) is 17.3 Å². The van der Waals surface area contributed by atoms with E-state index < -0.39 is 0 Å². The summed E-state index contributed by atoms with van der Waals surface area (Å²) in [5, 5.41) is 3.24. The standard InChI is InChI=1S/C21H27BrN2O2/c22-21-12-15-9-16(13-21)11-20(10-15,14-21)19(25)23-17-1-3-18(4-2-17)24-5-7-26-8-6-24/h1-4,15-16H,5-14H2,(H,23,25)/t15-,16-,20?,21?/m1/s1. The molecule has 1 N–H and O–H groups in total. The van der Waals surface area contributed by atoms with Gasteiger partial charge < -0.3 is 15.0 Å². The van der Waals surface area contributed by atoms with Crippen molar-refractivity contribution in [3.05, 3.63) is 24.3 Å². The predicted molar refractivity (Wildman–Crippen MR) is 107 cm³/mol. The van der Waals surface area contributed by atoms with Crippen LogP contribution in [0.2, 0.25) is 0 Å². The number of ether oxygens (including phenoxy) is 1. The number of nitrogens with one attached hydrogen (secondary N) is 1.